The SMILES string of the molecule is O=C(CN1CCCCCC1)N1C[C@H](O)[C@@H](N2CCOCC2)C1. The van der Waals surface area contributed by atoms with Crippen LogP contribution in [0.25, 0.3) is 0 Å². The van der Waals surface area contributed by atoms with Crippen LogP contribution in [0.15, 0.2) is 0 Å². The first-order chi connectivity index (χ1) is 10.7. The molecule has 0 aromatic rings. The summed E-state index contributed by atoms with van der Waals surface area (Å²) < 4.78 is 5.37. The smallest absolute Gasteiger partial charge is 0.236 e. The molecule has 0 aromatic heterocycles. The number of rotatable bonds is 3. The molecule has 6 nitrogen and oxygen atoms in total. The van der Waals surface area contributed by atoms with Gasteiger partial charge in [0.05, 0.1) is 31.9 Å². The Hall–Kier alpha value is -0.690. The highest BCUT2D eigenvalue weighted by Crippen LogP contribution is 2.18. The average Bonchev–Trinajstić information content (AvgIpc) is 2.75. The number of likely N-dealkylation sites (tertiary alicyclic amines) is 2. The number of nitrogens with zero attached hydrogens (tertiary/aromatic N) is 3. The fraction of sp³-hybridized carbons (Fsp3) is 0.938. The van der Waals surface area contributed by atoms with Crippen LogP contribution in [0, 0.1) is 0 Å². The lowest BCUT2D eigenvalue weighted by atomic mass is 10.2. The summed E-state index contributed by atoms with van der Waals surface area (Å²) in [6.45, 7) is 6.90. The van der Waals surface area contributed by atoms with Gasteiger partial charge in [-0.15, -0.1) is 0 Å². The first-order valence-corrected chi connectivity index (χ1v) is 8.74. The summed E-state index contributed by atoms with van der Waals surface area (Å²) in [6, 6.07) is 0.0805. The normalized spacial score (nSPS) is 32.1. The molecule has 0 spiro atoms. The van der Waals surface area contributed by atoms with Crippen molar-refractivity contribution in [3.63, 3.8) is 0 Å². The summed E-state index contributed by atoms with van der Waals surface area (Å²) in [4.78, 5) is 18.9. The van der Waals surface area contributed by atoms with Gasteiger partial charge in [0.25, 0.3) is 0 Å². The second-order valence-electron chi connectivity index (χ2n) is 6.77. The van der Waals surface area contributed by atoms with Crippen molar-refractivity contribution in [2.24, 2.45) is 0 Å². The van der Waals surface area contributed by atoms with E-state index in [2.05, 4.69) is 9.80 Å². The van der Waals surface area contributed by atoms with E-state index in [4.69, 9.17) is 4.74 Å². The van der Waals surface area contributed by atoms with Gasteiger partial charge in [-0.25, -0.2) is 0 Å². The summed E-state index contributed by atoms with van der Waals surface area (Å²) >= 11 is 0. The molecule has 2 atom stereocenters. The number of ether oxygens (including phenoxy) is 1. The Labute approximate surface area is 133 Å². The molecular weight excluding hydrogens is 282 g/mol. The van der Waals surface area contributed by atoms with Crippen LogP contribution in [0.1, 0.15) is 25.7 Å². The highest BCUT2D eigenvalue weighted by atomic mass is 16.5. The molecule has 1 amide bonds. The molecule has 0 saturated carbocycles. The van der Waals surface area contributed by atoms with E-state index < -0.39 is 6.10 Å². The maximum Gasteiger partial charge on any atom is 0.236 e. The molecular formula is C16H29N3O3. The highest BCUT2D eigenvalue weighted by Gasteiger charge is 2.38. The lowest BCUT2D eigenvalue weighted by Gasteiger charge is -2.33. The van der Waals surface area contributed by atoms with Gasteiger partial charge in [-0.3, -0.25) is 14.6 Å². The molecule has 3 fully saturated rings. The molecule has 0 aromatic carbocycles. The van der Waals surface area contributed by atoms with Crippen molar-refractivity contribution in [2.45, 2.75) is 37.8 Å². The van der Waals surface area contributed by atoms with Crippen LogP contribution in [-0.2, 0) is 9.53 Å². The maximum absolute atomic E-state index is 12.5. The third-order valence-electron chi connectivity index (χ3n) is 5.18. The second-order valence-corrected chi connectivity index (χ2v) is 6.77. The third kappa shape index (κ3) is 3.98. The molecule has 6 heteroatoms. The minimum atomic E-state index is -0.425. The van der Waals surface area contributed by atoms with Gasteiger partial charge in [-0.05, 0) is 25.9 Å². The number of aliphatic hydroxyl groups excluding tert-OH is 1. The average molecular weight is 311 g/mol. The number of β-amino-alcohol motifs (C(OH)–C–C–N with tert-alkyl or cyclic N) is 1. The van der Waals surface area contributed by atoms with Crippen molar-refractivity contribution >= 4 is 5.91 Å². The molecule has 3 heterocycles. The van der Waals surface area contributed by atoms with Crippen LogP contribution in [0.4, 0.5) is 0 Å². The van der Waals surface area contributed by atoms with Crippen molar-refractivity contribution in [3.8, 4) is 0 Å². The minimum absolute atomic E-state index is 0.0805. The topological polar surface area (TPSA) is 56.2 Å². The number of hydrogen-bond acceptors (Lipinski definition) is 5. The van der Waals surface area contributed by atoms with Gasteiger partial charge in [0.15, 0.2) is 0 Å². The molecule has 22 heavy (non-hydrogen) atoms. The van der Waals surface area contributed by atoms with Crippen molar-refractivity contribution < 1.29 is 14.6 Å². The van der Waals surface area contributed by atoms with Crippen LogP contribution in [-0.4, -0.2) is 96.9 Å². The van der Waals surface area contributed by atoms with Crippen LogP contribution in [0.3, 0.4) is 0 Å². The van der Waals surface area contributed by atoms with Gasteiger partial charge in [0, 0.05) is 26.2 Å². The Morgan fingerprint density at radius 3 is 2.36 bits per heavy atom. The Morgan fingerprint density at radius 1 is 1.00 bits per heavy atom. The highest BCUT2D eigenvalue weighted by molar-refractivity contribution is 5.78. The van der Waals surface area contributed by atoms with Crippen LogP contribution >= 0.6 is 0 Å². The molecule has 1 N–H and O–H groups in total. The quantitative estimate of drug-likeness (QED) is 0.780. The van der Waals surface area contributed by atoms with E-state index >= 15 is 0 Å². The summed E-state index contributed by atoms with van der Waals surface area (Å²) in [5, 5.41) is 10.3. The molecule has 0 aliphatic carbocycles. The van der Waals surface area contributed by atoms with Gasteiger partial charge in [-0.1, -0.05) is 12.8 Å². The van der Waals surface area contributed by atoms with Gasteiger partial charge < -0.3 is 14.7 Å². The Kier molecular flexibility index (Phi) is 5.68. The number of hydrogen-bond donors (Lipinski definition) is 1. The van der Waals surface area contributed by atoms with E-state index in [9.17, 15) is 9.90 Å². The largest absolute Gasteiger partial charge is 0.390 e. The van der Waals surface area contributed by atoms with Crippen molar-refractivity contribution in [2.75, 3.05) is 59.0 Å². The van der Waals surface area contributed by atoms with Crippen molar-refractivity contribution in [3.05, 3.63) is 0 Å². The van der Waals surface area contributed by atoms with E-state index in [1.165, 1.54) is 25.7 Å². The number of carbonyl (C=O) groups is 1. The lowest BCUT2D eigenvalue weighted by Crippen LogP contribution is -2.49. The third-order valence-corrected chi connectivity index (χ3v) is 5.18. The summed E-state index contributed by atoms with van der Waals surface area (Å²) in [6.07, 6.45) is 4.54. The Morgan fingerprint density at radius 2 is 1.68 bits per heavy atom. The zero-order chi connectivity index (χ0) is 15.4. The second kappa shape index (κ2) is 7.73. The molecule has 0 bridgehead atoms. The first kappa shape index (κ1) is 16.2. The molecule has 3 saturated heterocycles. The van der Waals surface area contributed by atoms with Crippen molar-refractivity contribution in [1.29, 1.82) is 0 Å². The Bertz CT molecular complexity index is 366. The first-order valence-electron chi connectivity index (χ1n) is 8.74. The van der Waals surface area contributed by atoms with Gasteiger partial charge in [-0.2, -0.15) is 0 Å². The summed E-state index contributed by atoms with van der Waals surface area (Å²) in [5.74, 6) is 0.178. The van der Waals surface area contributed by atoms with Crippen LogP contribution < -0.4 is 0 Å². The standard InChI is InChI=1S/C16H29N3O3/c20-15-12-19(11-14(15)18-7-9-22-10-8-18)16(21)13-17-5-3-1-2-4-6-17/h14-15,20H,1-13H2/t14-,15-/m0/s1. The Balaban J connectivity index is 1.50. The fourth-order valence-electron chi connectivity index (χ4n) is 3.83. The van der Waals surface area contributed by atoms with Gasteiger partial charge in [0.2, 0.25) is 5.91 Å². The van der Waals surface area contributed by atoms with Crippen LogP contribution in [0.5, 0.6) is 0 Å². The van der Waals surface area contributed by atoms with E-state index in [1.807, 2.05) is 4.90 Å². The predicted octanol–water partition coefficient (Wildman–Crippen LogP) is -0.234. The molecule has 3 aliphatic rings. The monoisotopic (exact) mass is 311 g/mol. The lowest BCUT2D eigenvalue weighted by molar-refractivity contribution is -0.131. The fourth-order valence-corrected chi connectivity index (χ4v) is 3.83. The molecule has 3 aliphatic heterocycles. The van der Waals surface area contributed by atoms with Crippen LogP contribution in [0.2, 0.25) is 0 Å². The number of morpholine rings is 1. The number of aliphatic hydroxyl groups is 1. The zero-order valence-corrected chi connectivity index (χ0v) is 13.5. The molecule has 0 unspecified atom stereocenters. The number of amides is 1. The van der Waals surface area contributed by atoms with E-state index in [0.717, 1.165) is 39.4 Å². The summed E-state index contributed by atoms with van der Waals surface area (Å²) in [5.41, 5.74) is 0. The maximum atomic E-state index is 12.5. The summed E-state index contributed by atoms with van der Waals surface area (Å²) in [7, 11) is 0. The van der Waals surface area contributed by atoms with E-state index in [1.54, 1.807) is 0 Å². The van der Waals surface area contributed by atoms with Gasteiger partial charge >= 0.3 is 0 Å². The molecule has 0 radical (unpaired) electrons. The van der Waals surface area contributed by atoms with Gasteiger partial charge in [0.1, 0.15) is 0 Å². The van der Waals surface area contributed by atoms with E-state index in [0.29, 0.717) is 19.6 Å². The minimum Gasteiger partial charge on any atom is -0.390 e. The molecule has 126 valence electrons. The van der Waals surface area contributed by atoms with E-state index in [-0.39, 0.29) is 11.9 Å². The molecule has 3 rings (SSSR count). The van der Waals surface area contributed by atoms with Crippen molar-refractivity contribution in [1.82, 2.24) is 14.7 Å². The number of carbonyl (C=O) groups excluding carboxylic acids is 1. The predicted molar refractivity (Wildman–Crippen MR) is 83.7 cm³/mol. The zero-order valence-electron chi connectivity index (χ0n) is 13.5.